The fraction of sp³-hybridized carbons (Fsp3) is 0.538. The molecule has 106 valence electrons. The molecule has 6 heteroatoms. The molecule has 0 spiro atoms. The zero-order valence-electron chi connectivity index (χ0n) is 11.3. The molecule has 1 N–H and O–H groups in total. The molecule has 0 saturated carbocycles. The summed E-state index contributed by atoms with van der Waals surface area (Å²) in [5.74, 6) is 0.657. The van der Waals surface area contributed by atoms with Crippen molar-refractivity contribution in [2.45, 2.75) is 24.3 Å². The maximum atomic E-state index is 12.5. The van der Waals surface area contributed by atoms with E-state index in [1.165, 1.54) is 0 Å². The van der Waals surface area contributed by atoms with Gasteiger partial charge in [0.1, 0.15) is 5.75 Å². The van der Waals surface area contributed by atoms with Gasteiger partial charge in [0.2, 0.25) is 10.0 Å². The van der Waals surface area contributed by atoms with Gasteiger partial charge in [-0.25, -0.2) is 8.42 Å². The Morgan fingerprint density at radius 1 is 1.32 bits per heavy atom. The van der Waals surface area contributed by atoms with Crippen molar-refractivity contribution >= 4 is 10.0 Å². The molecule has 0 radical (unpaired) electrons. The number of methoxy groups -OCH3 is 1. The van der Waals surface area contributed by atoms with Crippen LogP contribution in [-0.4, -0.2) is 45.5 Å². The third-order valence-electron chi connectivity index (χ3n) is 3.25. The summed E-state index contributed by atoms with van der Waals surface area (Å²) in [5.41, 5.74) is 0. The number of rotatable bonds is 3. The van der Waals surface area contributed by atoms with Gasteiger partial charge in [0, 0.05) is 19.1 Å². The van der Waals surface area contributed by atoms with Crippen molar-refractivity contribution in [2.24, 2.45) is 0 Å². The van der Waals surface area contributed by atoms with Crippen molar-refractivity contribution in [1.29, 1.82) is 0 Å². The van der Waals surface area contributed by atoms with Crippen LogP contribution in [0.1, 0.15) is 13.3 Å². The molecular weight excluding hydrogens is 264 g/mol. The molecule has 1 unspecified atom stereocenters. The number of hydrogen-bond donors (Lipinski definition) is 1. The van der Waals surface area contributed by atoms with Crippen molar-refractivity contribution in [1.82, 2.24) is 9.62 Å². The fourth-order valence-electron chi connectivity index (χ4n) is 2.18. The highest BCUT2D eigenvalue weighted by Crippen LogP contribution is 2.20. The topological polar surface area (TPSA) is 58.6 Å². The van der Waals surface area contributed by atoms with E-state index in [1.807, 2.05) is 6.92 Å². The van der Waals surface area contributed by atoms with Crippen molar-refractivity contribution in [3.8, 4) is 5.75 Å². The molecule has 1 aromatic rings. The first-order chi connectivity index (χ1) is 9.04. The van der Waals surface area contributed by atoms with E-state index in [0.717, 1.165) is 13.0 Å². The largest absolute Gasteiger partial charge is 0.497 e. The van der Waals surface area contributed by atoms with Crippen LogP contribution in [0, 0.1) is 0 Å². The first-order valence-electron chi connectivity index (χ1n) is 6.41. The SMILES string of the molecule is COc1ccc(S(=O)(=O)N2CCCNC(C)C2)cc1. The van der Waals surface area contributed by atoms with Gasteiger partial charge in [-0.15, -0.1) is 0 Å². The highest BCUT2D eigenvalue weighted by atomic mass is 32.2. The Morgan fingerprint density at radius 3 is 2.63 bits per heavy atom. The highest BCUT2D eigenvalue weighted by molar-refractivity contribution is 7.89. The van der Waals surface area contributed by atoms with E-state index < -0.39 is 10.0 Å². The zero-order valence-corrected chi connectivity index (χ0v) is 12.1. The predicted octanol–water partition coefficient (Wildman–Crippen LogP) is 1.07. The van der Waals surface area contributed by atoms with Gasteiger partial charge in [-0.2, -0.15) is 4.31 Å². The van der Waals surface area contributed by atoms with Gasteiger partial charge in [-0.05, 0) is 44.2 Å². The van der Waals surface area contributed by atoms with E-state index in [2.05, 4.69) is 5.32 Å². The van der Waals surface area contributed by atoms with Crippen LogP contribution in [0.2, 0.25) is 0 Å². The number of nitrogens with one attached hydrogen (secondary N) is 1. The van der Waals surface area contributed by atoms with E-state index >= 15 is 0 Å². The second-order valence-corrected chi connectivity index (χ2v) is 6.69. The van der Waals surface area contributed by atoms with Crippen molar-refractivity contribution < 1.29 is 13.2 Å². The average Bonchev–Trinajstić information content (AvgIpc) is 2.64. The van der Waals surface area contributed by atoms with Gasteiger partial charge < -0.3 is 10.1 Å². The Kier molecular flexibility index (Phi) is 4.44. The molecule has 1 atom stereocenters. The van der Waals surface area contributed by atoms with E-state index in [-0.39, 0.29) is 6.04 Å². The molecule has 19 heavy (non-hydrogen) atoms. The number of sulfonamides is 1. The van der Waals surface area contributed by atoms with Crippen LogP contribution in [0.15, 0.2) is 29.2 Å². The maximum Gasteiger partial charge on any atom is 0.243 e. The second-order valence-electron chi connectivity index (χ2n) is 4.75. The van der Waals surface area contributed by atoms with Gasteiger partial charge in [0.25, 0.3) is 0 Å². The third kappa shape index (κ3) is 3.26. The monoisotopic (exact) mass is 284 g/mol. The first-order valence-corrected chi connectivity index (χ1v) is 7.85. The predicted molar refractivity (Wildman–Crippen MR) is 73.8 cm³/mol. The van der Waals surface area contributed by atoms with Crippen molar-refractivity contribution in [3.05, 3.63) is 24.3 Å². The zero-order chi connectivity index (χ0) is 13.9. The minimum atomic E-state index is -3.41. The van der Waals surface area contributed by atoms with E-state index in [1.54, 1.807) is 35.7 Å². The lowest BCUT2D eigenvalue weighted by molar-refractivity contribution is 0.402. The smallest absolute Gasteiger partial charge is 0.243 e. The Labute approximate surface area is 114 Å². The summed E-state index contributed by atoms with van der Waals surface area (Å²) in [6, 6.07) is 6.71. The van der Waals surface area contributed by atoms with Gasteiger partial charge in [0.05, 0.1) is 12.0 Å². The van der Waals surface area contributed by atoms with Crippen LogP contribution in [0.4, 0.5) is 0 Å². The lowest BCUT2D eigenvalue weighted by Crippen LogP contribution is -2.38. The number of ether oxygens (including phenoxy) is 1. The molecule has 0 aliphatic carbocycles. The molecule has 1 heterocycles. The van der Waals surface area contributed by atoms with Crippen LogP contribution < -0.4 is 10.1 Å². The summed E-state index contributed by atoms with van der Waals surface area (Å²) in [6.45, 7) is 3.93. The summed E-state index contributed by atoms with van der Waals surface area (Å²) in [5, 5.41) is 3.29. The van der Waals surface area contributed by atoms with Crippen LogP contribution in [-0.2, 0) is 10.0 Å². The molecule has 1 aromatic carbocycles. The van der Waals surface area contributed by atoms with Crippen molar-refractivity contribution in [3.63, 3.8) is 0 Å². The molecular formula is C13H20N2O3S. The molecule has 1 saturated heterocycles. The standard InChI is InChI=1S/C13H20N2O3S/c1-11-10-15(9-3-8-14-11)19(16,17)13-6-4-12(18-2)5-7-13/h4-7,11,14H,3,8-10H2,1-2H3. The number of benzene rings is 1. The van der Waals surface area contributed by atoms with Gasteiger partial charge >= 0.3 is 0 Å². The van der Waals surface area contributed by atoms with Crippen molar-refractivity contribution in [2.75, 3.05) is 26.7 Å². The summed E-state index contributed by atoms with van der Waals surface area (Å²) in [7, 11) is -1.84. The van der Waals surface area contributed by atoms with Gasteiger partial charge in [-0.1, -0.05) is 0 Å². The number of hydrogen-bond acceptors (Lipinski definition) is 4. The van der Waals surface area contributed by atoms with Crippen LogP contribution in [0.25, 0.3) is 0 Å². The molecule has 1 fully saturated rings. The van der Waals surface area contributed by atoms with E-state index in [4.69, 9.17) is 4.74 Å². The summed E-state index contributed by atoms with van der Waals surface area (Å²) < 4.78 is 31.7. The lowest BCUT2D eigenvalue weighted by Gasteiger charge is -2.22. The molecule has 0 amide bonds. The Balaban J connectivity index is 2.24. The van der Waals surface area contributed by atoms with Crippen LogP contribution in [0.3, 0.4) is 0 Å². The Morgan fingerprint density at radius 2 is 2.00 bits per heavy atom. The van der Waals surface area contributed by atoms with E-state index in [0.29, 0.717) is 23.7 Å². The number of nitrogens with zero attached hydrogens (tertiary/aromatic N) is 1. The maximum absolute atomic E-state index is 12.5. The Hall–Kier alpha value is -1.11. The third-order valence-corrected chi connectivity index (χ3v) is 5.13. The fourth-order valence-corrected chi connectivity index (χ4v) is 3.75. The molecule has 0 aromatic heterocycles. The molecule has 2 rings (SSSR count). The van der Waals surface area contributed by atoms with E-state index in [9.17, 15) is 8.42 Å². The quantitative estimate of drug-likeness (QED) is 0.902. The van der Waals surface area contributed by atoms with Crippen LogP contribution in [0.5, 0.6) is 5.75 Å². The molecule has 1 aliphatic heterocycles. The second kappa shape index (κ2) is 5.90. The Bertz CT molecular complexity index is 513. The molecule has 5 nitrogen and oxygen atoms in total. The summed E-state index contributed by atoms with van der Waals surface area (Å²) in [6.07, 6.45) is 0.833. The van der Waals surface area contributed by atoms with Gasteiger partial charge in [-0.3, -0.25) is 0 Å². The molecule has 1 aliphatic rings. The lowest BCUT2D eigenvalue weighted by atomic mass is 10.3. The minimum absolute atomic E-state index is 0.176. The molecule has 0 bridgehead atoms. The highest BCUT2D eigenvalue weighted by Gasteiger charge is 2.27. The normalized spacial score (nSPS) is 21.9. The first kappa shape index (κ1) is 14.3. The average molecular weight is 284 g/mol. The van der Waals surface area contributed by atoms with Gasteiger partial charge in [0.15, 0.2) is 0 Å². The summed E-state index contributed by atoms with van der Waals surface area (Å²) in [4.78, 5) is 0.322. The summed E-state index contributed by atoms with van der Waals surface area (Å²) >= 11 is 0. The van der Waals surface area contributed by atoms with Crippen LogP contribution >= 0.6 is 0 Å². The minimum Gasteiger partial charge on any atom is -0.497 e.